The second-order valence-electron chi connectivity index (χ2n) is 3.96. The van der Waals surface area contributed by atoms with Gasteiger partial charge in [-0.1, -0.05) is 24.3 Å². The maximum Gasteiger partial charge on any atom is 0.0849 e. The van der Waals surface area contributed by atoms with E-state index < -0.39 is 11.7 Å². The quantitative estimate of drug-likeness (QED) is 0.642. The minimum atomic E-state index is -1.01. The first-order valence-electron chi connectivity index (χ1n) is 4.56. The molecule has 0 aromatic rings. The molecule has 1 atom stereocenters. The van der Waals surface area contributed by atoms with Crippen LogP contribution in [0.3, 0.4) is 0 Å². The summed E-state index contributed by atoms with van der Waals surface area (Å²) in [6, 6.07) is 0. The molecule has 2 N–H and O–H groups in total. The second kappa shape index (κ2) is 5.20. The zero-order valence-corrected chi connectivity index (χ0v) is 8.75. The lowest BCUT2D eigenvalue weighted by Crippen LogP contribution is -2.35. The van der Waals surface area contributed by atoms with Gasteiger partial charge < -0.3 is 10.2 Å². The first-order valence-corrected chi connectivity index (χ1v) is 4.56. The average Bonchev–Trinajstić information content (AvgIpc) is 1.99. The molecule has 0 saturated carbocycles. The summed E-state index contributed by atoms with van der Waals surface area (Å²) in [5.74, 6) is 0. The molecule has 0 spiro atoms. The molecule has 0 radical (unpaired) electrons. The molecule has 2 nitrogen and oxygen atoms in total. The smallest absolute Gasteiger partial charge is 0.0849 e. The fraction of sp³-hybridized carbons (Fsp3) is 0.636. The van der Waals surface area contributed by atoms with E-state index in [-0.39, 0.29) is 0 Å². The second-order valence-corrected chi connectivity index (χ2v) is 3.96. The highest BCUT2D eigenvalue weighted by atomic mass is 16.3. The Kier molecular flexibility index (Phi) is 4.96. The highest BCUT2D eigenvalue weighted by Crippen LogP contribution is 2.16. The van der Waals surface area contributed by atoms with Gasteiger partial charge in [-0.2, -0.15) is 0 Å². The van der Waals surface area contributed by atoms with Crippen molar-refractivity contribution in [1.29, 1.82) is 0 Å². The Balaban J connectivity index is 3.90. The van der Waals surface area contributed by atoms with Gasteiger partial charge in [-0.3, -0.25) is 0 Å². The molecule has 0 aliphatic heterocycles. The molecule has 13 heavy (non-hydrogen) atoms. The first-order chi connectivity index (χ1) is 5.88. The van der Waals surface area contributed by atoms with Crippen LogP contribution in [0.1, 0.15) is 33.6 Å². The van der Waals surface area contributed by atoms with Gasteiger partial charge in [0.2, 0.25) is 0 Å². The molecule has 1 unspecified atom stereocenters. The van der Waals surface area contributed by atoms with Gasteiger partial charge in [-0.15, -0.1) is 0 Å². The molecule has 0 aliphatic rings. The lowest BCUT2D eigenvalue weighted by molar-refractivity contribution is -0.0509. The summed E-state index contributed by atoms with van der Waals surface area (Å²) in [5.41, 5.74) is 0.160. The van der Waals surface area contributed by atoms with Crippen LogP contribution in [-0.4, -0.2) is 21.9 Å². The number of allylic oxidation sites excluding steroid dienone is 3. The summed E-state index contributed by atoms with van der Waals surface area (Å²) in [5, 5.41) is 18.9. The van der Waals surface area contributed by atoms with Crippen molar-refractivity contribution < 1.29 is 10.2 Å². The van der Waals surface area contributed by atoms with E-state index in [1.54, 1.807) is 19.9 Å². The predicted octanol–water partition coefficient (Wildman–Crippen LogP) is 2.03. The fourth-order valence-electron chi connectivity index (χ4n) is 1.00. The number of aliphatic hydroxyl groups excluding tert-OH is 1. The molecule has 0 fully saturated rings. The lowest BCUT2D eigenvalue weighted by atomic mass is 9.96. The number of hydrogen-bond acceptors (Lipinski definition) is 2. The molecule has 0 heterocycles. The van der Waals surface area contributed by atoms with Crippen molar-refractivity contribution in [1.82, 2.24) is 0 Å². The van der Waals surface area contributed by atoms with Crippen LogP contribution in [0, 0.1) is 0 Å². The molecule has 76 valence electrons. The van der Waals surface area contributed by atoms with Crippen LogP contribution in [0.25, 0.3) is 0 Å². The van der Waals surface area contributed by atoms with Crippen molar-refractivity contribution in [3.8, 4) is 0 Å². The third kappa shape index (κ3) is 5.61. The zero-order valence-electron chi connectivity index (χ0n) is 8.75. The maximum atomic E-state index is 9.50. The molecule has 0 saturated heterocycles. The van der Waals surface area contributed by atoms with E-state index in [0.29, 0.717) is 6.42 Å². The summed E-state index contributed by atoms with van der Waals surface area (Å²) in [6.07, 6.45) is 4.35. The van der Waals surface area contributed by atoms with Gasteiger partial charge in [0.15, 0.2) is 0 Å². The molecule has 0 aliphatic carbocycles. The minimum Gasteiger partial charge on any atom is -0.390 e. The monoisotopic (exact) mass is 184 g/mol. The van der Waals surface area contributed by atoms with Crippen LogP contribution in [0.5, 0.6) is 0 Å². The van der Waals surface area contributed by atoms with Gasteiger partial charge in [0.05, 0.1) is 11.7 Å². The SMILES string of the molecule is C=C/C=C(\C)CCC(O)C(C)(C)O. The summed E-state index contributed by atoms with van der Waals surface area (Å²) in [6.45, 7) is 8.80. The van der Waals surface area contributed by atoms with Crippen molar-refractivity contribution in [2.45, 2.75) is 45.3 Å². The molecule has 0 amide bonds. The Hall–Kier alpha value is -0.600. The van der Waals surface area contributed by atoms with Gasteiger partial charge in [0.25, 0.3) is 0 Å². The van der Waals surface area contributed by atoms with Crippen molar-refractivity contribution in [2.75, 3.05) is 0 Å². The first kappa shape index (κ1) is 12.4. The molecule has 0 rings (SSSR count). The Morgan fingerprint density at radius 3 is 2.46 bits per heavy atom. The lowest BCUT2D eigenvalue weighted by Gasteiger charge is -2.24. The van der Waals surface area contributed by atoms with E-state index >= 15 is 0 Å². The third-order valence-corrected chi connectivity index (χ3v) is 2.03. The highest BCUT2D eigenvalue weighted by molar-refractivity contribution is 5.07. The summed E-state index contributed by atoms with van der Waals surface area (Å²) in [4.78, 5) is 0. The van der Waals surface area contributed by atoms with Crippen LogP contribution in [0.2, 0.25) is 0 Å². The third-order valence-electron chi connectivity index (χ3n) is 2.03. The average molecular weight is 184 g/mol. The topological polar surface area (TPSA) is 40.5 Å². The number of hydrogen-bond donors (Lipinski definition) is 2. The number of rotatable bonds is 5. The van der Waals surface area contributed by atoms with E-state index in [0.717, 1.165) is 6.42 Å². The Morgan fingerprint density at radius 1 is 1.54 bits per heavy atom. The standard InChI is InChI=1S/C11H20O2/c1-5-6-9(2)7-8-10(12)11(3,4)13/h5-6,10,12-13H,1,7-8H2,2-4H3/b9-6+. The van der Waals surface area contributed by atoms with Gasteiger partial charge in [0, 0.05) is 0 Å². The molecule has 2 heteroatoms. The minimum absolute atomic E-state index is 0.583. The van der Waals surface area contributed by atoms with Crippen LogP contribution in [-0.2, 0) is 0 Å². The van der Waals surface area contributed by atoms with Crippen LogP contribution < -0.4 is 0 Å². The van der Waals surface area contributed by atoms with Crippen LogP contribution in [0.15, 0.2) is 24.3 Å². The molecule has 0 aromatic heterocycles. The van der Waals surface area contributed by atoms with Crippen molar-refractivity contribution in [2.24, 2.45) is 0 Å². The normalized spacial score (nSPS) is 15.6. The van der Waals surface area contributed by atoms with Gasteiger partial charge in [-0.25, -0.2) is 0 Å². The van der Waals surface area contributed by atoms with Gasteiger partial charge in [0.1, 0.15) is 0 Å². The maximum absolute atomic E-state index is 9.50. The predicted molar refractivity (Wildman–Crippen MR) is 55.5 cm³/mol. The van der Waals surface area contributed by atoms with Crippen LogP contribution in [0.4, 0.5) is 0 Å². The molecule has 0 bridgehead atoms. The highest BCUT2D eigenvalue weighted by Gasteiger charge is 2.23. The van der Waals surface area contributed by atoms with E-state index in [1.807, 2.05) is 13.0 Å². The zero-order chi connectivity index (χ0) is 10.5. The molecule has 0 aromatic carbocycles. The van der Waals surface area contributed by atoms with Gasteiger partial charge in [-0.05, 0) is 33.6 Å². The fourth-order valence-corrected chi connectivity index (χ4v) is 1.00. The van der Waals surface area contributed by atoms with Crippen LogP contribution >= 0.6 is 0 Å². The molecular formula is C11H20O2. The Labute approximate surface area is 80.6 Å². The molecular weight excluding hydrogens is 164 g/mol. The Bertz CT molecular complexity index is 187. The number of aliphatic hydroxyl groups is 2. The van der Waals surface area contributed by atoms with E-state index in [4.69, 9.17) is 0 Å². The summed E-state index contributed by atoms with van der Waals surface area (Å²) in [7, 11) is 0. The van der Waals surface area contributed by atoms with Crippen molar-refractivity contribution in [3.05, 3.63) is 24.3 Å². The summed E-state index contributed by atoms with van der Waals surface area (Å²) < 4.78 is 0. The van der Waals surface area contributed by atoms with Gasteiger partial charge >= 0.3 is 0 Å². The van der Waals surface area contributed by atoms with E-state index in [2.05, 4.69) is 6.58 Å². The van der Waals surface area contributed by atoms with Crippen molar-refractivity contribution in [3.63, 3.8) is 0 Å². The Morgan fingerprint density at radius 2 is 2.08 bits per heavy atom. The summed E-state index contributed by atoms with van der Waals surface area (Å²) >= 11 is 0. The largest absolute Gasteiger partial charge is 0.390 e. The van der Waals surface area contributed by atoms with Crippen molar-refractivity contribution >= 4 is 0 Å². The van der Waals surface area contributed by atoms with E-state index in [1.165, 1.54) is 5.57 Å². The van der Waals surface area contributed by atoms with E-state index in [9.17, 15) is 10.2 Å².